The van der Waals surface area contributed by atoms with Gasteiger partial charge in [-0.2, -0.15) is 0 Å². The molecule has 0 saturated heterocycles. The zero-order chi connectivity index (χ0) is 48.5. The van der Waals surface area contributed by atoms with Crippen LogP contribution in [0.15, 0.2) is 24.3 Å². The molecule has 6 N–H and O–H groups in total. The Morgan fingerprint density at radius 2 is 1.03 bits per heavy atom. The summed E-state index contributed by atoms with van der Waals surface area (Å²) in [6.45, 7) is 3.54. The maximum atomic E-state index is 12.5. The standard InChI is InChI=1S/C49H81N3O14/c1-39(54)45(36-53)51-34-40-20-22-41(23-21-40)35-52-47(58)38-66-32-29-63-27-16-18-44(56)37-65-31-30-64-28-26-50-46(57)25-24-42(49(61)62)33-43(55)17-14-12-10-8-6-4-2-3-5-7-9-11-13-15-19-48(59)60/h20-23,42,45,51,53H,2-19,24-38H2,1H3,(H,50,57)(H,52,58)(H,59,60)(H,61,62)/t42-,45+/m1/s1. The molecule has 0 saturated carbocycles. The van der Waals surface area contributed by atoms with Crippen molar-refractivity contribution in [2.24, 2.45) is 5.92 Å². The number of unbranched alkanes of at least 4 members (excludes halogenated alkanes) is 13. The summed E-state index contributed by atoms with van der Waals surface area (Å²) < 4.78 is 21.6. The largest absolute Gasteiger partial charge is 0.481 e. The number of Topliss-reactive ketones (excluding diaryl/α,β-unsaturated/α-hetero) is 3. The van der Waals surface area contributed by atoms with Crippen LogP contribution in [0.1, 0.15) is 153 Å². The van der Waals surface area contributed by atoms with Crippen molar-refractivity contribution in [3.8, 4) is 0 Å². The van der Waals surface area contributed by atoms with Gasteiger partial charge in [-0.1, -0.05) is 101 Å². The smallest absolute Gasteiger partial charge is 0.306 e. The van der Waals surface area contributed by atoms with E-state index in [9.17, 15) is 43.8 Å². The highest BCUT2D eigenvalue weighted by molar-refractivity contribution is 5.84. The van der Waals surface area contributed by atoms with Gasteiger partial charge in [0.25, 0.3) is 0 Å². The summed E-state index contributed by atoms with van der Waals surface area (Å²) in [6.07, 6.45) is 16.7. The van der Waals surface area contributed by atoms with Gasteiger partial charge in [-0.25, -0.2) is 0 Å². The van der Waals surface area contributed by atoms with Gasteiger partial charge in [-0.05, 0) is 43.7 Å². The van der Waals surface area contributed by atoms with Gasteiger partial charge in [0.15, 0.2) is 5.78 Å². The molecule has 66 heavy (non-hydrogen) atoms. The second kappa shape index (κ2) is 41.1. The summed E-state index contributed by atoms with van der Waals surface area (Å²) in [5, 5.41) is 36.0. The van der Waals surface area contributed by atoms with E-state index in [0.29, 0.717) is 32.5 Å². The quantitative estimate of drug-likeness (QED) is 0.0433. The Labute approximate surface area is 392 Å². The molecule has 376 valence electrons. The van der Waals surface area contributed by atoms with Gasteiger partial charge in [0.2, 0.25) is 11.8 Å². The number of ether oxygens (including phenoxy) is 4. The number of amides is 2. The van der Waals surface area contributed by atoms with E-state index >= 15 is 0 Å². The van der Waals surface area contributed by atoms with Crippen molar-refractivity contribution in [1.82, 2.24) is 16.0 Å². The molecule has 0 aliphatic rings. The van der Waals surface area contributed by atoms with Crippen LogP contribution in [0.25, 0.3) is 0 Å². The highest BCUT2D eigenvalue weighted by Gasteiger charge is 2.22. The van der Waals surface area contributed by atoms with Crippen LogP contribution in [0.5, 0.6) is 0 Å². The zero-order valence-electron chi connectivity index (χ0n) is 39.6. The van der Waals surface area contributed by atoms with Crippen LogP contribution in [-0.2, 0) is 65.6 Å². The molecule has 17 nitrogen and oxygen atoms in total. The summed E-state index contributed by atoms with van der Waals surface area (Å²) in [5.41, 5.74) is 1.85. The van der Waals surface area contributed by atoms with E-state index in [-0.39, 0.29) is 121 Å². The molecule has 2 amide bonds. The topological polar surface area (TPSA) is 253 Å². The Hall–Kier alpha value is -4.13. The molecule has 0 unspecified atom stereocenters. The third kappa shape index (κ3) is 36.0. The first-order valence-electron chi connectivity index (χ1n) is 24.2. The molecule has 0 aliphatic heterocycles. The molecule has 0 aliphatic carbocycles. The lowest BCUT2D eigenvalue weighted by Gasteiger charge is -2.13. The summed E-state index contributed by atoms with van der Waals surface area (Å²) >= 11 is 0. The van der Waals surface area contributed by atoms with Crippen LogP contribution in [0.3, 0.4) is 0 Å². The molecular weight excluding hydrogens is 855 g/mol. The lowest BCUT2D eigenvalue weighted by molar-refractivity contribution is -0.144. The van der Waals surface area contributed by atoms with Gasteiger partial charge in [0.1, 0.15) is 24.8 Å². The molecule has 0 spiro atoms. The van der Waals surface area contributed by atoms with Crippen LogP contribution >= 0.6 is 0 Å². The summed E-state index contributed by atoms with van der Waals surface area (Å²) in [7, 11) is 0. The number of hydrogen-bond donors (Lipinski definition) is 6. The number of aliphatic carboxylic acids is 2. The van der Waals surface area contributed by atoms with Gasteiger partial charge < -0.3 is 50.2 Å². The molecule has 0 aromatic heterocycles. The van der Waals surface area contributed by atoms with Gasteiger partial charge in [0.05, 0.1) is 51.6 Å². The average molecular weight is 936 g/mol. The fraction of sp³-hybridized carbons (Fsp3) is 0.735. The summed E-state index contributed by atoms with van der Waals surface area (Å²) in [6, 6.07) is 6.93. The van der Waals surface area contributed by atoms with Crippen LogP contribution in [0, 0.1) is 5.92 Å². The van der Waals surface area contributed by atoms with E-state index in [2.05, 4.69) is 16.0 Å². The molecule has 1 rings (SSSR count). The van der Waals surface area contributed by atoms with E-state index < -0.39 is 23.9 Å². The minimum Gasteiger partial charge on any atom is -0.481 e. The lowest BCUT2D eigenvalue weighted by atomic mass is 9.94. The normalized spacial score (nSPS) is 12.1. The Bertz CT molecular complexity index is 1490. The number of carbonyl (C=O) groups is 7. The van der Waals surface area contributed by atoms with Crippen LogP contribution in [-0.4, -0.2) is 128 Å². The minimum atomic E-state index is -1.07. The predicted octanol–water partition coefficient (Wildman–Crippen LogP) is 5.64. The first-order valence-corrected chi connectivity index (χ1v) is 24.2. The number of nitrogens with one attached hydrogen (secondary N) is 3. The number of carboxylic acid groups (broad SMARTS) is 2. The molecule has 1 aromatic rings. The Morgan fingerprint density at radius 1 is 0.530 bits per heavy atom. The molecule has 0 radical (unpaired) electrons. The zero-order valence-corrected chi connectivity index (χ0v) is 39.6. The van der Waals surface area contributed by atoms with Crippen molar-refractivity contribution < 1.29 is 67.8 Å². The Morgan fingerprint density at radius 3 is 1.58 bits per heavy atom. The van der Waals surface area contributed by atoms with E-state index in [1.165, 1.54) is 51.9 Å². The monoisotopic (exact) mass is 936 g/mol. The van der Waals surface area contributed by atoms with Crippen LogP contribution < -0.4 is 16.0 Å². The van der Waals surface area contributed by atoms with Gasteiger partial charge in [-0.15, -0.1) is 0 Å². The first kappa shape index (κ1) is 59.9. The molecular formula is C49H81N3O14. The number of rotatable bonds is 47. The number of aliphatic hydroxyl groups is 1. The number of hydrogen-bond acceptors (Lipinski definition) is 13. The number of carbonyl (C=O) groups excluding carboxylic acids is 5. The fourth-order valence-corrected chi connectivity index (χ4v) is 6.90. The third-order valence-electron chi connectivity index (χ3n) is 10.9. The second-order valence-corrected chi connectivity index (χ2v) is 16.8. The molecule has 17 heteroatoms. The van der Waals surface area contributed by atoms with E-state index in [0.717, 1.165) is 56.1 Å². The van der Waals surface area contributed by atoms with E-state index in [1.54, 1.807) is 0 Å². The molecule has 0 heterocycles. The number of aliphatic hydroxyl groups excluding tert-OH is 1. The van der Waals surface area contributed by atoms with Crippen molar-refractivity contribution in [2.75, 3.05) is 66.0 Å². The number of benzene rings is 1. The number of ketones is 3. The maximum absolute atomic E-state index is 12.5. The highest BCUT2D eigenvalue weighted by atomic mass is 16.5. The summed E-state index contributed by atoms with van der Waals surface area (Å²) in [4.78, 5) is 82.6. The van der Waals surface area contributed by atoms with Crippen molar-refractivity contribution in [1.29, 1.82) is 0 Å². The molecule has 2 atom stereocenters. The first-order chi connectivity index (χ1) is 31.9. The Kier molecular flexibility index (Phi) is 37.3. The highest BCUT2D eigenvalue weighted by Crippen LogP contribution is 2.17. The Balaban J connectivity index is 1.94. The molecule has 0 fully saturated rings. The number of carboxylic acids is 2. The van der Waals surface area contributed by atoms with E-state index in [1.807, 2.05) is 24.3 Å². The van der Waals surface area contributed by atoms with E-state index in [4.69, 9.17) is 24.1 Å². The molecule has 1 aromatic carbocycles. The lowest BCUT2D eigenvalue weighted by Crippen LogP contribution is -2.37. The van der Waals surface area contributed by atoms with Gasteiger partial charge in [0, 0.05) is 58.3 Å². The SMILES string of the molecule is CC(=O)[C@H](CO)NCc1ccc(CNC(=O)COCCOCCCC(=O)COCCOCCNC(=O)CC[C@H](CC(=O)CCCCCCCCCCCCCCCCC(=O)O)C(=O)O)cc1. The minimum absolute atomic E-state index is 0.000602. The van der Waals surface area contributed by atoms with Crippen LogP contribution in [0.2, 0.25) is 0 Å². The van der Waals surface area contributed by atoms with Gasteiger partial charge in [-0.3, -0.25) is 33.6 Å². The average Bonchev–Trinajstić information content (AvgIpc) is 3.28. The maximum Gasteiger partial charge on any atom is 0.306 e. The van der Waals surface area contributed by atoms with Gasteiger partial charge >= 0.3 is 11.9 Å². The van der Waals surface area contributed by atoms with Crippen molar-refractivity contribution >= 4 is 41.1 Å². The van der Waals surface area contributed by atoms with Crippen LogP contribution in [0.4, 0.5) is 0 Å². The van der Waals surface area contributed by atoms with Crippen molar-refractivity contribution in [3.63, 3.8) is 0 Å². The van der Waals surface area contributed by atoms with Crippen molar-refractivity contribution in [2.45, 2.75) is 161 Å². The van der Waals surface area contributed by atoms with Crippen molar-refractivity contribution in [3.05, 3.63) is 35.4 Å². The fourth-order valence-electron chi connectivity index (χ4n) is 6.90. The molecule has 0 bridgehead atoms. The third-order valence-corrected chi connectivity index (χ3v) is 10.9. The second-order valence-electron chi connectivity index (χ2n) is 16.8. The predicted molar refractivity (Wildman–Crippen MR) is 249 cm³/mol. The summed E-state index contributed by atoms with van der Waals surface area (Å²) in [5.74, 6) is -3.53.